The van der Waals surface area contributed by atoms with Crippen molar-refractivity contribution in [3.8, 4) is 0 Å². The minimum absolute atomic E-state index is 0.0936. The minimum Gasteiger partial charge on any atom is -0.462 e. The summed E-state index contributed by atoms with van der Waals surface area (Å²) >= 11 is 0. The van der Waals surface area contributed by atoms with Gasteiger partial charge in [-0.05, 0) is 32.1 Å². The van der Waals surface area contributed by atoms with Gasteiger partial charge in [-0.2, -0.15) is 0 Å². The molecular weight excluding hydrogens is 709 g/mol. The standard InChI is InChI=1S/C51H88O6/c1-4-7-10-13-16-19-22-25-28-31-34-37-40-43-49(52)55-46-48(57-51(54)45-42-39-36-33-30-27-24-21-18-15-12-9-6-3)47-56-50(53)44-41-38-35-32-29-26-23-20-17-14-11-8-5-2/h7,10,13,16,19,22,25,28,31,34,48H,4-6,8-9,11-12,14-15,17-18,20-21,23-24,26-27,29-30,32-33,35-47H2,1-3H3/b10-7-,16-13-,22-19-,28-25-,34-31-. The Morgan fingerprint density at radius 3 is 1.07 bits per heavy atom. The lowest BCUT2D eigenvalue weighted by Gasteiger charge is -2.18. The molecule has 0 aromatic heterocycles. The molecule has 0 aliphatic carbocycles. The summed E-state index contributed by atoms with van der Waals surface area (Å²) in [4.78, 5) is 37.8. The van der Waals surface area contributed by atoms with Crippen molar-refractivity contribution in [2.75, 3.05) is 13.2 Å². The predicted octanol–water partition coefficient (Wildman–Crippen LogP) is 15.3. The van der Waals surface area contributed by atoms with Crippen LogP contribution in [0.15, 0.2) is 60.8 Å². The fraction of sp³-hybridized carbons (Fsp3) is 0.745. The van der Waals surface area contributed by atoms with Crippen molar-refractivity contribution < 1.29 is 28.6 Å². The summed E-state index contributed by atoms with van der Waals surface area (Å²) in [7, 11) is 0. The van der Waals surface area contributed by atoms with E-state index < -0.39 is 6.10 Å². The Bertz CT molecular complexity index is 1050. The molecule has 0 fully saturated rings. The number of hydrogen-bond donors (Lipinski definition) is 0. The summed E-state index contributed by atoms with van der Waals surface area (Å²) in [6.45, 7) is 6.43. The predicted molar refractivity (Wildman–Crippen MR) is 242 cm³/mol. The molecule has 0 aliphatic heterocycles. The van der Waals surface area contributed by atoms with Crippen LogP contribution in [0.1, 0.15) is 226 Å². The van der Waals surface area contributed by atoms with Gasteiger partial charge < -0.3 is 14.2 Å². The monoisotopic (exact) mass is 797 g/mol. The van der Waals surface area contributed by atoms with Gasteiger partial charge in [0.05, 0.1) is 0 Å². The van der Waals surface area contributed by atoms with Gasteiger partial charge >= 0.3 is 17.9 Å². The van der Waals surface area contributed by atoms with E-state index in [-0.39, 0.29) is 37.5 Å². The number of rotatable bonds is 42. The molecule has 0 spiro atoms. The average Bonchev–Trinajstić information content (AvgIpc) is 3.21. The van der Waals surface area contributed by atoms with Crippen molar-refractivity contribution in [1.29, 1.82) is 0 Å². The first-order valence-electron chi connectivity index (χ1n) is 23.9. The molecule has 0 bridgehead atoms. The fourth-order valence-electron chi connectivity index (χ4n) is 6.59. The third kappa shape index (κ3) is 44.1. The Labute approximate surface area is 351 Å². The van der Waals surface area contributed by atoms with Crippen LogP contribution in [0, 0.1) is 0 Å². The molecule has 0 radical (unpaired) electrons. The molecular formula is C51H88O6. The number of hydrogen-bond acceptors (Lipinski definition) is 6. The Morgan fingerprint density at radius 2 is 0.684 bits per heavy atom. The zero-order valence-corrected chi connectivity index (χ0v) is 37.3. The topological polar surface area (TPSA) is 78.9 Å². The number of esters is 3. The first-order valence-corrected chi connectivity index (χ1v) is 23.9. The second-order valence-corrected chi connectivity index (χ2v) is 15.8. The highest BCUT2D eigenvalue weighted by Crippen LogP contribution is 2.15. The lowest BCUT2D eigenvalue weighted by molar-refractivity contribution is -0.167. The quantitative estimate of drug-likeness (QED) is 0.0265. The second-order valence-electron chi connectivity index (χ2n) is 15.8. The van der Waals surface area contributed by atoms with E-state index in [1.54, 1.807) is 0 Å². The molecule has 0 aromatic rings. The van der Waals surface area contributed by atoms with Gasteiger partial charge in [0.1, 0.15) is 13.2 Å². The molecule has 1 unspecified atom stereocenters. The van der Waals surface area contributed by atoms with Crippen LogP contribution in [0.5, 0.6) is 0 Å². The molecule has 0 aromatic carbocycles. The van der Waals surface area contributed by atoms with Crippen LogP contribution in [-0.2, 0) is 28.6 Å². The van der Waals surface area contributed by atoms with E-state index in [0.717, 1.165) is 51.4 Å². The highest BCUT2D eigenvalue weighted by atomic mass is 16.6. The lowest BCUT2D eigenvalue weighted by Crippen LogP contribution is -2.30. The molecule has 0 aliphatic rings. The summed E-state index contributed by atoms with van der Waals surface area (Å²) in [5.74, 6) is -0.968. The van der Waals surface area contributed by atoms with Crippen molar-refractivity contribution in [2.45, 2.75) is 232 Å². The lowest BCUT2D eigenvalue weighted by atomic mass is 10.0. The Morgan fingerprint density at radius 1 is 0.368 bits per heavy atom. The van der Waals surface area contributed by atoms with Gasteiger partial charge in [-0.15, -0.1) is 0 Å². The molecule has 0 rings (SSSR count). The highest BCUT2D eigenvalue weighted by molar-refractivity contribution is 5.71. The van der Waals surface area contributed by atoms with Gasteiger partial charge in [0.25, 0.3) is 0 Å². The number of allylic oxidation sites excluding steroid dienone is 10. The smallest absolute Gasteiger partial charge is 0.306 e. The largest absolute Gasteiger partial charge is 0.462 e. The van der Waals surface area contributed by atoms with Crippen molar-refractivity contribution in [3.63, 3.8) is 0 Å². The van der Waals surface area contributed by atoms with E-state index in [1.165, 1.54) is 128 Å². The molecule has 0 saturated carbocycles. The Kier molecular flexibility index (Phi) is 43.5. The van der Waals surface area contributed by atoms with Gasteiger partial charge in [0.15, 0.2) is 6.10 Å². The minimum atomic E-state index is -0.797. The first-order chi connectivity index (χ1) is 28.0. The molecule has 0 heterocycles. The molecule has 6 nitrogen and oxygen atoms in total. The van der Waals surface area contributed by atoms with Crippen LogP contribution in [0.25, 0.3) is 0 Å². The molecule has 328 valence electrons. The van der Waals surface area contributed by atoms with E-state index in [0.29, 0.717) is 19.3 Å². The van der Waals surface area contributed by atoms with Crippen molar-refractivity contribution in [3.05, 3.63) is 60.8 Å². The SMILES string of the molecule is CC\C=C/C=C\C=C/C=C\C=C/CCCC(=O)OCC(COC(=O)CCCCCCCCCCCCCCC)OC(=O)CCCCCCCCCCCCCCC. The van der Waals surface area contributed by atoms with Crippen LogP contribution < -0.4 is 0 Å². The van der Waals surface area contributed by atoms with E-state index in [9.17, 15) is 14.4 Å². The Balaban J connectivity index is 4.47. The van der Waals surface area contributed by atoms with Crippen LogP contribution in [0.3, 0.4) is 0 Å². The first kappa shape index (κ1) is 54.1. The van der Waals surface area contributed by atoms with E-state index in [4.69, 9.17) is 14.2 Å². The summed E-state index contributed by atoms with van der Waals surface area (Å²) in [5, 5.41) is 0. The maximum absolute atomic E-state index is 12.7. The normalized spacial score (nSPS) is 12.5. The maximum Gasteiger partial charge on any atom is 0.306 e. The van der Waals surface area contributed by atoms with Crippen molar-refractivity contribution in [1.82, 2.24) is 0 Å². The van der Waals surface area contributed by atoms with Gasteiger partial charge in [-0.25, -0.2) is 0 Å². The van der Waals surface area contributed by atoms with Crippen LogP contribution >= 0.6 is 0 Å². The number of carbonyl (C=O) groups is 3. The number of unbranched alkanes of at least 4 members (excludes halogenated alkanes) is 25. The fourth-order valence-corrected chi connectivity index (χ4v) is 6.59. The van der Waals surface area contributed by atoms with E-state index in [1.807, 2.05) is 54.7 Å². The molecule has 0 N–H and O–H groups in total. The second kappa shape index (κ2) is 45.8. The molecule has 0 saturated heterocycles. The van der Waals surface area contributed by atoms with Gasteiger partial charge in [0, 0.05) is 19.3 Å². The maximum atomic E-state index is 12.7. The number of ether oxygens (including phenoxy) is 3. The third-order valence-electron chi connectivity index (χ3n) is 10.2. The zero-order chi connectivity index (χ0) is 41.5. The summed E-state index contributed by atoms with van der Waals surface area (Å²) in [5.41, 5.74) is 0. The molecule has 1 atom stereocenters. The third-order valence-corrected chi connectivity index (χ3v) is 10.2. The zero-order valence-electron chi connectivity index (χ0n) is 37.3. The van der Waals surface area contributed by atoms with E-state index >= 15 is 0 Å². The van der Waals surface area contributed by atoms with Gasteiger partial charge in [0.2, 0.25) is 0 Å². The Hall–Kier alpha value is -2.89. The summed E-state index contributed by atoms with van der Waals surface area (Å²) in [6, 6.07) is 0. The van der Waals surface area contributed by atoms with Gasteiger partial charge in [-0.1, -0.05) is 236 Å². The number of carbonyl (C=O) groups excluding carboxylic acids is 3. The summed E-state index contributed by atoms with van der Waals surface area (Å²) < 4.78 is 16.7. The van der Waals surface area contributed by atoms with E-state index in [2.05, 4.69) is 26.8 Å². The highest BCUT2D eigenvalue weighted by Gasteiger charge is 2.19. The van der Waals surface area contributed by atoms with Gasteiger partial charge in [-0.3, -0.25) is 14.4 Å². The molecule has 0 amide bonds. The van der Waals surface area contributed by atoms with Crippen LogP contribution in [0.2, 0.25) is 0 Å². The van der Waals surface area contributed by atoms with Crippen molar-refractivity contribution >= 4 is 17.9 Å². The van der Waals surface area contributed by atoms with Crippen LogP contribution in [0.4, 0.5) is 0 Å². The summed E-state index contributed by atoms with van der Waals surface area (Å²) in [6.07, 6.45) is 54.9. The molecule has 57 heavy (non-hydrogen) atoms. The van der Waals surface area contributed by atoms with Crippen LogP contribution in [-0.4, -0.2) is 37.2 Å². The van der Waals surface area contributed by atoms with Crippen molar-refractivity contribution in [2.24, 2.45) is 0 Å². The molecule has 6 heteroatoms. The average molecular weight is 797 g/mol.